The molecule has 0 aromatic carbocycles. The Morgan fingerprint density at radius 2 is 2.00 bits per heavy atom. The van der Waals surface area contributed by atoms with Gasteiger partial charge in [0.1, 0.15) is 0 Å². The van der Waals surface area contributed by atoms with Crippen molar-refractivity contribution in [3.63, 3.8) is 0 Å². The maximum absolute atomic E-state index is 11.3. The Hall–Kier alpha value is 0.430. The molecule has 72 valence electrons. The Bertz CT molecular complexity index is 139. The van der Waals surface area contributed by atoms with Crippen molar-refractivity contribution in [2.75, 3.05) is 19.4 Å². The zero-order chi connectivity index (χ0) is 9.56. The van der Waals surface area contributed by atoms with E-state index >= 15 is 0 Å². The third-order valence-corrected chi connectivity index (χ3v) is 2.96. The second-order valence-corrected chi connectivity index (χ2v) is 4.78. The summed E-state index contributed by atoms with van der Waals surface area (Å²) >= 11 is 6.72. The van der Waals surface area contributed by atoms with Crippen LogP contribution in [0.2, 0.25) is 0 Å². The number of halogens is 2. The van der Waals surface area contributed by atoms with Gasteiger partial charge in [-0.1, -0.05) is 38.3 Å². The molecule has 2 nitrogen and oxygen atoms in total. The van der Waals surface area contributed by atoms with Gasteiger partial charge in [-0.2, -0.15) is 0 Å². The SMILES string of the molecule is CN(C)C(=O)C(Br)CCCCBr. The minimum absolute atomic E-state index is 0.00782. The van der Waals surface area contributed by atoms with Crippen molar-refractivity contribution in [3.05, 3.63) is 0 Å². The molecule has 0 aromatic rings. The Kier molecular flexibility index (Phi) is 7.14. The zero-order valence-corrected chi connectivity index (χ0v) is 10.7. The highest BCUT2D eigenvalue weighted by Gasteiger charge is 2.15. The summed E-state index contributed by atoms with van der Waals surface area (Å²) in [5.41, 5.74) is 0. The van der Waals surface area contributed by atoms with Crippen LogP contribution >= 0.6 is 31.9 Å². The summed E-state index contributed by atoms with van der Waals surface area (Å²) in [5.74, 6) is 0.157. The minimum Gasteiger partial charge on any atom is -0.348 e. The Balaban J connectivity index is 3.57. The second kappa shape index (κ2) is 6.89. The monoisotopic (exact) mass is 299 g/mol. The van der Waals surface area contributed by atoms with Crippen LogP contribution in [-0.2, 0) is 4.79 Å². The van der Waals surface area contributed by atoms with Crippen LogP contribution in [0.1, 0.15) is 19.3 Å². The van der Waals surface area contributed by atoms with Crippen molar-refractivity contribution in [2.24, 2.45) is 0 Å². The van der Waals surface area contributed by atoms with Gasteiger partial charge in [-0.3, -0.25) is 4.79 Å². The molecular weight excluding hydrogens is 286 g/mol. The number of amides is 1. The first-order valence-corrected chi connectivity index (χ1v) is 6.04. The van der Waals surface area contributed by atoms with E-state index in [2.05, 4.69) is 31.9 Å². The van der Waals surface area contributed by atoms with Gasteiger partial charge in [-0.15, -0.1) is 0 Å². The lowest BCUT2D eigenvalue weighted by molar-refractivity contribution is -0.128. The quantitative estimate of drug-likeness (QED) is 0.564. The number of hydrogen-bond donors (Lipinski definition) is 0. The van der Waals surface area contributed by atoms with Crippen molar-refractivity contribution >= 4 is 37.8 Å². The van der Waals surface area contributed by atoms with Crippen molar-refractivity contribution in [3.8, 4) is 0 Å². The average molecular weight is 301 g/mol. The van der Waals surface area contributed by atoms with Crippen LogP contribution in [-0.4, -0.2) is 35.1 Å². The van der Waals surface area contributed by atoms with Gasteiger partial charge in [0.15, 0.2) is 0 Å². The maximum atomic E-state index is 11.3. The van der Waals surface area contributed by atoms with Gasteiger partial charge in [-0.05, 0) is 12.8 Å². The average Bonchev–Trinajstić information content (AvgIpc) is 2.03. The number of carbonyl (C=O) groups is 1. The Morgan fingerprint density at radius 1 is 1.42 bits per heavy atom. The molecule has 0 aliphatic carbocycles. The highest BCUT2D eigenvalue weighted by Crippen LogP contribution is 2.12. The first-order chi connectivity index (χ1) is 5.59. The summed E-state index contributed by atoms with van der Waals surface area (Å²) in [5, 5.41) is 1.02. The lowest BCUT2D eigenvalue weighted by Crippen LogP contribution is -2.29. The predicted molar refractivity (Wildman–Crippen MR) is 59.1 cm³/mol. The summed E-state index contributed by atoms with van der Waals surface area (Å²) in [6.45, 7) is 0. The number of alkyl halides is 2. The Labute approximate surface area is 91.0 Å². The molecule has 0 aromatic heterocycles. The van der Waals surface area contributed by atoms with E-state index in [1.807, 2.05) is 0 Å². The fraction of sp³-hybridized carbons (Fsp3) is 0.875. The predicted octanol–water partition coefficient (Wildman–Crippen LogP) is 2.40. The van der Waals surface area contributed by atoms with Crippen LogP contribution < -0.4 is 0 Å². The first kappa shape index (κ1) is 12.4. The van der Waals surface area contributed by atoms with Crippen LogP contribution in [0.25, 0.3) is 0 Å². The highest BCUT2D eigenvalue weighted by molar-refractivity contribution is 9.10. The molecule has 12 heavy (non-hydrogen) atoms. The zero-order valence-electron chi connectivity index (χ0n) is 7.52. The summed E-state index contributed by atoms with van der Waals surface area (Å²) < 4.78 is 0. The van der Waals surface area contributed by atoms with Gasteiger partial charge in [0.05, 0.1) is 4.83 Å². The van der Waals surface area contributed by atoms with E-state index in [4.69, 9.17) is 0 Å². The minimum atomic E-state index is -0.00782. The largest absolute Gasteiger partial charge is 0.348 e. The van der Waals surface area contributed by atoms with E-state index in [-0.39, 0.29) is 10.7 Å². The molecule has 0 saturated carbocycles. The molecule has 1 atom stereocenters. The van der Waals surface area contributed by atoms with Crippen LogP contribution in [0, 0.1) is 0 Å². The van der Waals surface area contributed by atoms with Crippen molar-refractivity contribution in [1.82, 2.24) is 4.90 Å². The molecule has 0 aliphatic heterocycles. The summed E-state index contributed by atoms with van der Waals surface area (Å²) in [4.78, 5) is 12.9. The van der Waals surface area contributed by atoms with Gasteiger partial charge in [0.2, 0.25) is 5.91 Å². The summed E-state index contributed by atoms with van der Waals surface area (Å²) in [6.07, 6.45) is 3.13. The molecule has 0 radical (unpaired) electrons. The van der Waals surface area contributed by atoms with Crippen LogP contribution in [0.15, 0.2) is 0 Å². The van der Waals surface area contributed by atoms with Crippen LogP contribution in [0.5, 0.6) is 0 Å². The normalized spacial score (nSPS) is 12.7. The smallest absolute Gasteiger partial charge is 0.235 e. The van der Waals surface area contributed by atoms with E-state index < -0.39 is 0 Å². The molecule has 1 unspecified atom stereocenters. The maximum Gasteiger partial charge on any atom is 0.235 e. The lowest BCUT2D eigenvalue weighted by atomic mass is 10.2. The molecule has 0 N–H and O–H groups in total. The fourth-order valence-electron chi connectivity index (χ4n) is 0.822. The molecule has 4 heteroatoms. The number of hydrogen-bond acceptors (Lipinski definition) is 1. The second-order valence-electron chi connectivity index (χ2n) is 2.88. The van der Waals surface area contributed by atoms with Crippen molar-refractivity contribution in [2.45, 2.75) is 24.1 Å². The van der Waals surface area contributed by atoms with E-state index in [0.29, 0.717) is 0 Å². The number of rotatable bonds is 5. The Morgan fingerprint density at radius 3 is 2.42 bits per heavy atom. The van der Waals surface area contributed by atoms with Crippen LogP contribution in [0.4, 0.5) is 0 Å². The summed E-state index contributed by atoms with van der Waals surface area (Å²) in [7, 11) is 3.56. The standard InChI is InChI=1S/C8H15Br2NO/c1-11(2)8(12)7(10)5-3-4-6-9/h7H,3-6H2,1-2H3. The lowest BCUT2D eigenvalue weighted by Gasteiger charge is -2.14. The molecule has 1 amide bonds. The first-order valence-electron chi connectivity index (χ1n) is 4.00. The van der Waals surface area contributed by atoms with Gasteiger partial charge < -0.3 is 4.90 Å². The molecule has 0 fully saturated rings. The number of unbranched alkanes of at least 4 members (excludes halogenated alkanes) is 1. The van der Waals surface area contributed by atoms with Gasteiger partial charge in [-0.25, -0.2) is 0 Å². The molecule has 0 rings (SSSR count). The molecule has 0 aliphatic rings. The van der Waals surface area contributed by atoms with Gasteiger partial charge in [0, 0.05) is 19.4 Å². The fourth-order valence-corrected chi connectivity index (χ4v) is 1.95. The van der Waals surface area contributed by atoms with E-state index in [1.54, 1.807) is 19.0 Å². The van der Waals surface area contributed by atoms with Crippen molar-refractivity contribution in [1.29, 1.82) is 0 Å². The van der Waals surface area contributed by atoms with E-state index in [1.165, 1.54) is 0 Å². The van der Waals surface area contributed by atoms with E-state index in [0.717, 1.165) is 24.6 Å². The van der Waals surface area contributed by atoms with Gasteiger partial charge in [0.25, 0.3) is 0 Å². The molecule has 0 saturated heterocycles. The highest BCUT2D eigenvalue weighted by atomic mass is 79.9. The van der Waals surface area contributed by atoms with Gasteiger partial charge >= 0.3 is 0 Å². The van der Waals surface area contributed by atoms with Crippen molar-refractivity contribution < 1.29 is 4.79 Å². The number of nitrogens with zero attached hydrogens (tertiary/aromatic N) is 1. The van der Waals surface area contributed by atoms with Crippen LogP contribution in [0.3, 0.4) is 0 Å². The molecule has 0 bridgehead atoms. The third-order valence-electron chi connectivity index (χ3n) is 1.55. The number of carbonyl (C=O) groups excluding carboxylic acids is 1. The molecule has 0 spiro atoms. The molecule has 0 heterocycles. The molecular formula is C8H15Br2NO. The third kappa shape index (κ3) is 5.14. The summed E-state index contributed by atoms with van der Waals surface area (Å²) in [6, 6.07) is 0. The topological polar surface area (TPSA) is 20.3 Å². The van der Waals surface area contributed by atoms with E-state index in [9.17, 15) is 4.79 Å².